The Hall–Kier alpha value is -3.48. The number of aryl methyl sites for hydroxylation is 2. The Morgan fingerprint density at radius 1 is 1.21 bits per heavy atom. The molecule has 1 aromatic carbocycles. The fourth-order valence-electron chi connectivity index (χ4n) is 2.84. The van der Waals surface area contributed by atoms with Crippen molar-refractivity contribution in [1.82, 2.24) is 20.3 Å². The summed E-state index contributed by atoms with van der Waals surface area (Å²) in [6.07, 6.45) is 2.83. The number of ether oxygens (including phenoxy) is 1. The molecule has 3 aromatic rings. The predicted octanol–water partition coefficient (Wildman–Crippen LogP) is 3.26. The number of nitrogens with one attached hydrogen (secondary N) is 1. The molecule has 0 aliphatic carbocycles. The van der Waals surface area contributed by atoms with Gasteiger partial charge in [-0.1, -0.05) is 12.1 Å². The lowest BCUT2D eigenvalue weighted by Gasteiger charge is -2.14. The van der Waals surface area contributed by atoms with E-state index in [4.69, 9.17) is 4.74 Å². The molecule has 144 valence electrons. The average Bonchev–Trinajstić information content (AvgIpc) is 2.68. The van der Waals surface area contributed by atoms with Gasteiger partial charge < -0.3 is 15.2 Å². The maximum Gasteiger partial charge on any atom is 0.251 e. The van der Waals surface area contributed by atoms with Crippen LogP contribution in [0.3, 0.4) is 0 Å². The van der Waals surface area contributed by atoms with Gasteiger partial charge >= 0.3 is 0 Å². The van der Waals surface area contributed by atoms with E-state index in [-0.39, 0.29) is 24.4 Å². The highest BCUT2D eigenvalue weighted by atomic mass is 16.5. The van der Waals surface area contributed by atoms with Crippen LogP contribution < -0.4 is 10.1 Å². The number of carbonyl (C=O) groups is 1. The van der Waals surface area contributed by atoms with E-state index in [2.05, 4.69) is 20.3 Å². The van der Waals surface area contributed by atoms with E-state index in [1.807, 2.05) is 39.0 Å². The highest BCUT2D eigenvalue weighted by molar-refractivity contribution is 5.94. The lowest BCUT2D eigenvalue weighted by Crippen LogP contribution is -2.23. The molecular formula is C21H22N4O3. The second-order valence-electron chi connectivity index (χ2n) is 6.50. The fraction of sp³-hybridized carbons (Fsp3) is 0.238. The Bertz CT molecular complexity index is 936. The van der Waals surface area contributed by atoms with Crippen LogP contribution in [0.1, 0.15) is 45.8 Å². The van der Waals surface area contributed by atoms with Crippen molar-refractivity contribution in [2.75, 3.05) is 0 Å². The maximum absolute atomic E-state index is 12.4. The summed E-state index contributed by atoms with van der Waals surface area (Å²) in [5.74, 6) is 0.213. The number of hydrogen-bond acceptors (Lipinski definition) is 6. The van der Waals surface area contributed by atoms with Gasteiger partial charge in [0.15, 0.2) is 0 Å². The first-order valence-corrected chi connectivity index (χ1v) is 8.91. The number of rotatable bonds is 6. The number of hydrogen-bond donors (Lipinski definition) is 2. The van der Waals surface area contributed by atoms with E-state index in [0.717, 1.165) is 16.8 Å². The lowest BCUT2D eigenvalue weighted by atomic mass is 10.1. The van der Waals surface area contributed by atoms with Gasteiger partial charge in [-0.15, -0.1) is 0 Å². The molecule has 0 spiro atoms. The van der Waals surface area contributed by atoms with E-state index in [9.17, 15) is 9.90 Å². The normalized spacial score (nSPS) is 11.7. The summed E-state index contributed by atoms with van der Waals surface area (Å²) in [7, 11) is 0. The van der Waals surface area contributed by atoms with Crippen LogP contribution >= 0.6 is 0 Å². The summed E-state index contributed by atoms with van der Waals surface area (Å²) in [6, 6.07) is 10.7. The zero-order valence-corrected chi connectivity index (χ0v) is 16.0. The van der Waals surface area contributed by atoms with Gasteiger partial charge in [0.2, 0.25) is 11.8 Å². The Morgan fingerprint density at radius 3 is 2.61 bits per heavy atom. The molecule has 1 amide bonds. The minimum atomic E-state index is -0.227. The zero-order valence-electron chi connectivity index (χ0n) is 16.0. The number of nitrogens with zero attached hydrogens (tertiary/aromatic N) is 3. The van der Waals surface area contributed by atoms with E-state index in [1.54, 1.807) is 24.4 Å². The molecule has 3 rings (SSSR count). The Balaban J connectivity index is 1.62. The summed E-state index contributed by atoms with van der Waals surface area (Å²) in [5, 5.41) is 12.8. The van der Waals surface area contributed by atoms with Crippen LogP contribution in [0.4, 0.5) is 0 Å². The molecule has 7 heteroatoms. The zero-order chi connectivity index (χ0) is 20.1. The summed E-state index contributed by atoms with van der Waals surface area (Å²) in [4.78, 5) is 24.3. The topological polar surface area (TPSA) is 97.2 Å². The molecule has 0 saturated carbocycles. The molecule has 0 aliphatic heterocycles. The maximum atomic E-state index is 12.4. The molecule has 2 N–H and O–H groups in total. The van der Waals surface area contributed by atoms with Crippen molar-refractivity contribution >= 4 is 5.91 Å². The summed E-state index contributed by atoms with van der Waals surface area (Å²) in [5.41, 5.74) is 3.68. The van der Waals surface area contributed by atoms with Gasteiger partial charge in [0.1, 0.15) is 12.4 Å². The van der Waals surface area contributed by atoms with E-state index < -0.39 is 0 Å². The number of aromatic nitrogens is 3. The number of aromatic hydroxyl groups is 1. The first-order valence-electron chi connectivity index (χ1n) is 8.91. The van der Waals surface area contributed by atoms with Crippen molar-refractivity contribution < 1.29 is 14.6 Å². The number of amides is 1. The van der Waals surface area contributed by atoms with Crippen LogP contribution in [0.2, 0.25) is 0 Å². The Kier molecular flexibility index (Phi) is 5.84. The van der Waals surface area contributed by atoms with Gasteiger partial charge in [-0.05, 0) is 50.1 Å². The van der Waals surface area contributed by atoms with E-state index in [1.165, 1.54) is 6.33 Å². The molecule has 7 nitrogen and oxygen atoms in total. The van der Waals surface area contributed by atoms with Crippen molar-refractivity contribution in [3.05, 3.63) is 76.9 Å². The molecule has 2 aromatic heterocycles. The van der Waals surface area contributed by atoms with Crippen LogP contribution in [-0.2, 0) is 6.54 Å². The highest BCUT2D eigenvalue weighted by Crippen LogP contribution is 2.21. The Labute approximate surface area is 163 Å². The number of carbonyl (C=O) groups excluding carboxylic acids is 1. The molecule has 0 radical (unpaired) electrons. The molecule has 0 saturated heterocycles. The summed E-state index contributed by atoms with van der Waals surface area (Å²) in [6.45, 7) is 5.81. The van der Waals surface area contributed by atoms with Gasteiger partial charge in [-0.2, -0.15) is 0 Å². The van der Waals surface area contributed by atoms with Crippen molar-refractivity contribution in [3.63, 3.8) is 0 Å². The SMILES string of the molecule is Cc1cc(C)c(CNC(=O)c2ccc(C(C)Oc3ccncn3)cc2)c(O)n1. The smallest absolute Gasteiger partial charge is 0.251 e. The summed E-state index contributed by atoms with van der Waals surface area (Å²) < 4.78 is 5.76. The van der Waals surface area contributed by atoms with Gasteiger partial charge in [-0.3, -0.25) is 4.79 Å². The molecule has 1 unspecified atom stereocenters. The number of pyridine rings is 1. The molecule has 28 heavy (non-hydrogen) atoms. The largest absolute Gasteiger partial charge is 0.493 e. The van der Waals surface area contributed by atoms with Crippen molar-refractivity contribution in [2.24, 2.45) is 0 Å². The third kappa shape index (κ3) is 4.62. The summed E-state index contributed by atoms with van der Waals surface area (Å²) >= 11 is 0. The minimum Gasteiger partial charge on any atom is -0.493 e. The second-order valence-corrected chi connectivity index (χ2v) is 6.50. The first-order chi connectivity index (χ1) is 13.4. The lowest BCUT2D eigenvalue weighted by molar-refractivity contribution is 0.0950. The predicted molar refractivity (Wildman–Crippen MR) is 104 cm³/mol. The third-order valence-electron chi connectivity index (χ3n) is 4.37. The number of benzene rings is 1. The van der Waals surface area contributed by atoms with Crippen LogP contribution in [0.5, 0.6) is 11.8 Å². The van der Waals surface area contributed by atoms with Crippen LogP contribution in [0.15, 0.2) is 48.9 Å². The molecule has 2 heterocycles. The standard InChI is InChI=1S/C21H22N4O3/c1-13-10-14(2)25-21(27)18(13)11-23-20(26)17-6-4-16(5-7-17)15(3)28-19-8-9-22-12-24-19/h4-10,12,15H,11H2,1-3H3,(H,23,26)(H,25,27). The monoisotopic (exact) mass is 378 g/mol. The molecular weight excluding hydrogens is 356 g/mol. The van der Waals surface area contributed by atoms with Gasteiger partial charge in [0.25, 0.3) is 5.91 Å². The molecule has 0 fully saturated rings. The first kappa shape index (κ1) is 19.3. The fourth-order valence-corrected chi connectivity index (χ4v) is 2.84. The van der Waals surface area contributed by atoms with Gasteiger partial charge in [0, 0.05) is 35.6 Å². The minimum absolute atomic E-state index is 0.0520. The third-order valence-corrected chi connectivity index (χ3v) is 4.37. The van der Waals surface area contributed by atoms with Crippen molar-refractivity contribution in [2.45, 2.75) is 33.4 Å². The van der Waals surface area contributed by atoms with Crippen LogP contribution in [-0.4, -0.2) is 26.0 Å². The van der Waals surface area contributed by atoms with E-state index >= 15 is 0 Å². The van der Waals surface area contributed by atoms with E-state index in [0.29, 0.717) is 17.0 Å². The quantitative estimate of drug-likeness (QED) is 0.683. The van der Waals surface area contributed by atoms with Gasteiger partial charge in [0.05, 0.1) is 0 Å². The average molecular weight is 378 g/mol. The van der Waals surface area contributed by atoms with Crippen molar-refractivity contribution in [1.29, 1.82) is 0 Å². The highest BCUT2D eigenvalue weighted by Gasteiger charge is 2.13. The van der Waals surface area contributed by atoms with Crippen LogP contribution in [0.25, 0.3) is 0 Å². The van der Waals surface area contributed by atoms with Gasteiger partial charge in [-0.25, -0.2) is 15.0 Å². The second kappa shape index (κ2) is 8.47. The Morgan fingerprint density at radius 2 is 1.96 bits per heavy atom. The van der Waals surface area contributed by atoms with Crippen molar-refractivity contribution in [3.8, 4) is 11.8 Å². The molecule has 0 aliphatic rings. The molecule has 0 bridgehead atoms. The molecule has 1 atom stereocenters. The van der Waals surface area contributed by atoms with Crippen LogP contribution in [0, 0.1) is 13.8 Å².